The van der Waals surface area contributed by atoms with Crippen LogP contribution in [-0.4, -0.2) is 48.3 Å². The van der Waals surface area contributed by atoms with Crippen LogP contribution >= 0.6 is 11.6 Å². The fraction of sp³-hybridized carbons (Fsp3) is 0.714. The lowest BCUT2D eigenvalue weighted by Crippen LogP contribution is -2.48. The SMILES string of the molecule is CNC1CCN(CC(c2ccc(Cl)c(C)c2)C2(O)CCCCC2)CC1. The first-order valence-corrected chi connectivity index (χ1v) is 10.3. The monoisotopic (exact) mass is 364 g/mol. The molecule has 0 radical (unpaired) electrons. The zero-order chi connectivity index (χ0) is 17.9. The molecule has 0 bridgehead atoms. The van der Waals surface area contributed by atoms with Crippen molar-refractivity contribution in [2.75, 3.05) is 26.7 Å². The van der Waals surface area contributed by atoms with Crippen LogP contribution in [0.5, 0.6) is 0 Å². The zero-order valence-corrected chi connectivity index (χ0v) is 16.5. The Hall–Kier alpha value is -0.610. The van der Waals surface area contributed by atoms with E-state index in [0.717, 1.165) is 55.9 Å². The molecule has 140 valence electrons. The first-order valence-electron chi connectivity index (χ1n) is 9.90. The fourth-order valence-electron chi connectivity index (χ4n) is 4.65. The summed E-state index contributed by atoms with van der Waals surface area (Å²) in [5.74, 6) is 0.176. The largest absolute Gasteiger partial charge is 0.389 e. The third kappa shape index (κ3) is 4.57. The van der Waals surface area contributed by atoms with Crippen molar-refractivity contribution in [3.8, 4) is 0 Å². The van der Waals surface area contributed by atoms with Gasteiger partial charge in [0.2, 0.25) is 0 Å². The molecule has 25 heavy (non-hydrogen) atoms. The molecule has 4 heteroatoms. The number of rotatable bonds is 5. The van der Waals surface area contributed by atoms with E-state index in [-0.39, 0.29) is 5.92 Å². The lowest BCUT2D eigenvalue weighted by Gasteiger charge is -2.43. The van der Waals surface area contributed by atoms with Crippen LogP contribution in [0.4, 0.5) is 0 Å². The first kappa shape index (κ1) is 19.2. The van der Waals surface area contributed by atoms with Crippen molar-refractivity contribution in [2.24, 2.45) is 0 Å². The van der Waals surface area contributed by atoms with Gasteiger partial charge in [0.05, 0.1) is 5.60 Å². The maximum absolute atomic E-state index is 11.5. The molecule has 2 aliphatic rings. The molecule has 1 aromatic carbocycles. The predicted octanol–water partition coefficient (Wildman–Crippen LogP) is 4.11. The van der Waals surface area contributed by atoms with Crippen LogP contribution in [0, 0.1) is 6.92 Å². The summed E-state index contributed by atoms with van der Waals surface area (Å²) in [7, 11) is 2.06. The number of benzene rings is 1. The third-order valence-corrected chi connectivity index (χ3v) is 6.81. The minimum Gasteiger partial charge on any atom is -0.389 e. The molecule has 1 aromatic rings. The quantitative estimate of drug-likeness (QED) is 0.825. The van der Waals surface area contributed by atoms with Gasteiger partial charge in [0, 0.05) is 23.5 Å². The second-order valence-electron chi connectivity index (χ2n) is 8.09. The third-order valence-electron chi connectivity index (χ3n) is 6.39. The highest BCUT2D eigenvalue weighted by Gasteiger charge is 2.40. The lowest BCUT2D eigenvalue weighted by molar-refractivity contribution is -0.0326. The number of aryl methyl sites for hydroxylation is 1. The molecule has 2 fully saturated rings. The molecule has 2 N–H and O–H groups in total. The predicted molar refractivity (Wildman–Crippen MR) is 105 cm³/mol. The zero-order valence-electron chi connectivity index (χ0n) is 15.7. The average Bonchev–Trinajstić information content (AvgIpc) is 2.63. The van der Waals surface area contributed by atoms with Gasteiger partial charge in [-0.2, -0.15) is 0 Å². The van der Waals surface area contributed by atoms with Gasteiger partial charge in [-0.3, -0.25) is 0 Å². The molecule has 1 unspecified atom stereocenters. The van der Waals surface area contributed by atoms with Gasteiger partial charge in [-0.25, -0.2) is 0 Å². The second kappa shape index (κ2) is 8.39. The summed E-state index contributed by atoms with van der Waals surface area (Å²) in [4.78, 5) is 2.55. The molecular weight excluding hydrogens is 332 g/mol. The Labute approximate surface area is 157 Å². The summed E-state index contributed by atoms with van der Waals surface area (Å²) in [6, 6.07) is 6.97. The Bertz CT molecular complexity index is 563. The number of hydrogen-bond donors (Lipinski definition) is 2. The highest BCUT2D eigenvalue weighted by Crippen LogP contribution is 2.41. The molecule has 0 amide bonds. The van der Waals surface area contributed by atoms with Crippen LogP contribution in [0.3, 0.4) is 0 Å². The summed E-state index contributed by atoms with van der Waals surface area (Å²) in [5.41, 5.74) is 1.79. The number of nitrogens with one attached hydrogen (secondary N) is 1. The van der Waals surface area contributed by atoms with E-state index in [1.54, 1.807) is 0 Å². The van der Waals surface area contributed by atoms with E-state index in [2.05, 4.69) is 36.3 Å². The fourth-order valence-corrected chi connectivity index (χ4v) is 4.76. The minimum absolute atomic E-state index is 0.176. The molecule has 1 heterocycles. The summed E-state index contributed by atoms with van der Waals surface area (Å²) >= 11 is 6.25. The molecule has 0 aromatic heterocycles. The molecule has 3 nitrogen and oxygen atoms in total. The van der Waals surface area contributed by atoms with Crippen LogP contribution in [0.2, 0.25) is 5.02 Å². The Morgan fingerprint density at radius 2 is 1.92 bits per heavy atom. The smallest absolute Gasteiger partial charge is 0.0728 e. The molecule has 1 aliphatic heterocycles. The number of piperidine rings is 1. The molecule has 0 spiro atoms. The van der Waals surface area contributed by atoms with E-state index in [4.69, 9.17) is 11.6 Å². The van der Waals surface area contributed by atoms with Gasteiger partial charge in [0.25, 0.3) is 0 Å². The van der Waals surface area contributed by atoms with Gasteiger partial charge in [0.1, 0.15) is 0 Å². The molecule has 1 saturated carbocycles. The summed E-state index contributed by atoms with van der Waals surface area (Å²) in [5, 5.41) is 15.7. The van der Waals surface area contributed by atoms with Gasteiger partial charge >= 0.3 is 0 Å². The van der Waals surface area contributed by atoms with Crippen LogP contribution < -0.4 is 5.32 Å². The summed E-state index contributed by atoms with van der Waals surface area (Å²) in [6.45, 7) is 5.25. The van der Waals surface area contributed by atoms with Gasteiger partial charge < -0.3 is 15.3 Å². The maximum atomic E-state index is 11.5. The summed E-state index contributed by atoms with van der Waals surface area (Å²) in [6.07, 6.45) is 7.77. The number of aliphatic hydroxyl groups is 1. The first-order chi connectivity index (χ1) is 12.0. The molecule has 3 rings (SSSR count). The number of nitrogens with zero attached hydrogens (tertiary/aromatic N) is 1. The van der Waals surface area contributed by atoms with E-state index < -0.39 is 5.60 Å². The normalized spacial score (nSPS) is 23.5. The Morgan fingerprint density at radius 1 is 1.24 bits per heavy atom. The van der Waals surface area contributed by atoms with Crippen molar-refractivity contribution < 1.29 is 5.11 Å². The van der Waals surface area contributed by atoms with Gasteiger partial charge in [-0.1, -0.05) is 43.0 Å². The van der Waals surface area contributed by atoms with Crippen molar-refractivity contribution in [3.63, 3.8) is 0 Å². The molecule has 1 saturated heterocycles. The molecular formula is C21H33ClN2O. The van der Waals surface area contributed by atoms with Gasteiger partial charge in [-0.15, -0.1) is 0 Å². The van der Waals surface area contributed by atoms with Gasteiger partial charge in [-0.05, 0) is 69.9 Å². The van der Waals surface area contributed by atoms with E-state index in [0.29, 0.717) is 6.04 Å². The highest BCUT2D eigenvalue weighted by atomic mass is 35.5. The minimum atomic E-state index is -0.571. The van der Waals surface area contributed by atoms with E-state index >= 15 is 0 Å². The van der Waals surface area contributed by atoms with E-state index in [1.807, 2.05) is 6.07 Å². The van der Waals surface area contributed by atoms with Crippen molar-refractivity contribution >= 4 is 11.6 Å². The van der Waals surface area contributed by atoms with E-state index in [9.17, 15) is 5.11 Å². The van der Waals surface area contributed by atoms with Crippen molar-refractivity contribution in [1.29, 1.82) is 0 Å². The summed E-state index contributed by atoms with van der Waals surface area (Å²) < 4.78 is 0. The van der Waals surface area contributed by atoms with Crippen LogP contribution in [0.15, 0.2) is 18.2 Å². The Balaban J connectivity index is 1.80. The Kier molecular flexibility index (Phi) is 6.43. The number of halogens is 1. The van der Waals surface area contributed by atoms with Crippen LogP contribution in [0.1, 0.15) is 62.0 Å². The molecule has 1 aliphatic carbocycles. The van der Waals surface area contributed by atoms with Crippen molar-refractivity contribution in [2.45, 2.75) is 69.4 Å². The van der Waals surface area contributed by atoms with Gasteiger partial charge in [0.15, 0.2) is 0 Å². The van der Waals surface area contributed by atoms with Crippen molar-refractivity contribution in [3.05, 3.63) is 34.3 Å². The van der Waals surface area contributed by atoms with E-state index in [1.165, 1.54) is 24.8 Å². The highest BCUT2D eigenvalue weighted by molar-refractivity contribution is 6.31. The Morgan fingerprint density at radius 3 is 2.52 bits per heavy atom. The number of hydrogen-bond acceptors (Lipinski definition) is 3. The number of likely N-dealkylation sites (tertiary alicyclic amines) is 1. The lowest BCUT2D eigenvalue weighted by atomic mass is 9.72. The molecule has 1 atom stereocenters. The van der Waals surface area contributed by atoms with Crippen molar-refractivity contribution in [1.82, 2.24) is 10.2 Å². The maximum Gasteiger partial charge on any atom is 0.0728 e. The standard InChI is InChI=1S/C21H33ClN2O/c1-16-14-17(6-7-20(16)22)19(21(25)10-4-3-5-11-21)15-24-12-8-18(23-2)9-13-24/h6-7,14,18-19,23,25H,3-5,8-13,15H2,1-2H3. The van der Waals surface area contributed by atoms with Crippen LogP contribution in [-0.2, 0) is 0 Å². The second-order valence-corrected chi connectivity index (χ2v) is 8.50. The average molecular weight is 365 g/mol. The topological polar surface area (TPSA) is 35.5 Å². The van der Waals surface area contributed by atoms with Crippen LogP contribution in [0.25, 0.3) is 0 Å².